The molecule has 0 saturated heterocycles. The fraction of sp³-hybridized carbons (Fsp3) is 0.600. The zero-order chi connectivity index (χ0) is 17.2. The van der Waals surface area contributed by atoms with Gasteiger partial charge in [0.2, 0.25) is 20.0 Å². The number of hydrogen-bond donors (Lipinski definition) is 2. The summed E-state index contributed by atoms with van der Waals surface area (Å²) in [5.41, 5.74) is 0. The molecule has 22 heavy (non-hydrogen) atoms. The van der Waals surface area contributed by atoms with E-state index in [1.54, 1.807) is 0 Å². The molecule has 0 unspecified atom stereocenters. The van der Waals surface area contributed by atoms with Crippen LogP contribution >= 0.6 is 0 Å². The highest BCUT2D eigenvalue weighted by Gasteiger charge is 2.04. The van der Waals surface area contributed by atoms with E-state index in [0.717, 1.165) is 24.7 Å². The van der Waals surface area contributed by atoms with Gasteiger partial charge in [-0.3, -0.25) is 0 Å². The first-order chi connectivity index (χ1) is 9.99. The number of ether oxygens (including phenoxy) is 2. The molecule has 0 fully saturated rings. The summed E-state index contributed by atoms with van der Waals surface area (Å²) in [5, 5.41) is 0. The number of rotatable bonds is 10. The first-order valence-electron chi connectivity index (χ1n) is 5.90. The van der Waals surface area contributed by atoms with Crippen molar-refractivity contribution in [3.8, 4) is 0 Å². The van der Waals surface area contributed by atoms with Gasteiger partial charge in [0, 0.05) is 25.2 Å². The molecule has 128 valence electrons. The van der Waals surface area contributed by atoms with Crippen LogP contribution in [0.1, 0.15) is 0 Å². The van der Waals surface area contributed by atoms with Crippen LogP contribution in [0, 0.1) is 0 Å². The Labute approximate surface area is 129 Å². The number of nitrogens with one attached hydrogen (secondary N) is 2. The van der Waals surface area contributed by atoms with Crippen LogP contribution in [0.25, 0.3) is 0 Å². The van der Waals surface area contributed by atoms with Gasteiger partial charge in [-0.2, -0.15) is 0 Å². The lowest BCUT2D eigenvalue weighted by Gasteiger charge is -2.03. The lowest BCUT2D eigenvalue weighted by molar-refractivity contribution is -0.140. The van der Waals surface area contributed by atoms with E-state index >= 15 is 0 Å². The molecule has 0 aromatic carbocycles. The molecule has 0 amide bonds. The van der Waals surface area contributed by atoms with Crippen LogP contribution in [-0.4, -0.2) is 67.6 Å². The molecule has 0 aliphatic rings. The molecule has 10 nitrogen and oxygen atoms in total. The Kier molecular flexibility index (Phi) is 8.86. The van der Waals surface area contributed by atoms with Crippen LogP contribution in [0.15, 0.2) is 12.2 Å². The second-order valence-electron chi connectivity index (χ2n) is 4.00. The molecule has 2 N–H and O–H groups in total. The van der Waals surface area contributed by atoms with Gasteiger partial charge in [-0.05, 0) is 0 Å². The minimum Gasteiger partial charge on any atom is -0.461 e. The van der Waals surface area contributed by atoms with Gasteiger partial charge in [-0.1, -0.05) is 0 Å². The third-order valence-corrected chi connectivity index (χ3v) is 3.23. The average molecular weight is 358 g/mol. The maximum Gasteiger partial charge on any atom is 0.331 e. The van der Waals surface area contributed by atoms with E-state index in [4.69, 9.17) is 0 Å². The van der Waals surface area contributed by atoms with Gasteiger partial charge in [-0.25, -0.2) is 35.9 Å². The van der Waals surface area contributed by atoms with Crippen molar-refractivity contribution in [2.24, 2.45) is 0 Å². The number of esters is 2. The van der Waals surface area contributed by atoms with Gasteiger partial charge in [0.25, 0.3) is 0 Å². The Morgan fingerprint density at radius 2 is 1.14 bits per heavy atom. The van der Waals surface area contributed by atoms with Crippen LogP contribution in [0.2, 0.25) is 0 Å². The molecule has 0 rings (SSSR count). The van der Waals surface area contributed by atoms with Crippen molar-refractivity contribution >= 4 is 32.0 Å². The molecular formula is C10H18N2O8S2. The quantitative estimate of drug-likeness (QED) is 0.252. The average Bonchev–Trinajstić information content (AvgIpc) is 2.35. The molecule has 0 aromatic rings. The number of sulfonamides is 2. The van der Waals surface area contributed by atoms with Crippen LogP contribution in [-0.2, 0) is 39.1 Å². The van der Waals surface area contributed by atoms with E-state index in [2.05, 4.69) is 18.9 Å². The Bertz CT molecular complexity index is 555. The summed E-state index contributed by atoms with van der Waals surface area (Å²) < 4.78 is 56.3. The standard InChI is InChI=1S/C10H18N2O8S2/c1-21(15,16)11-5-7-19-9(13)3-4-10(14)20-8-6-12-22(2,17)18/h3-4,11-12H,5-8H2,1-2H3/b4-3+. The topological polar surface area (TPSA) is 145 Å². The summed E-state index contributed by atoms with van der Waals surface area (Å²) in [6.45, 7) is -0.548. The van der Waals surface area contributed by atoms with Crippen molar-refractivity contribution in [1.29, 1.82) is 0 Å². The fourth-order valence-electron chi connectivity index (χ4n) is 0.990. The molecule has 0 aromatic heterocycles. The number of carbonyl (C=O) groups excluding carboxylic acids is 2. The van der Waals surface area contributed by atoms with Gasteiger partial charge >= 0.3 is 11.9 Å². The molecule has 0 radical (unpaired) electrons. The minimum atomic E-state index is -3.35. The van der Waals surface area contributed by atoms with Crippen molar-refractivity contribution < 1.29 is 35.9 Å². The summed E-state index contributed by atoms with van der Waals surface area (Å²) in [4.78, 5) is 22.3. The highest BCUT2D eigenvalue weighted by molar-refractivity contribution is 7.89. The van der Waals surface area contributed by atoms with Gasteiger partial charge in [0.05, 0.1) is 12.5 Å². The lowest BCUT2D eigenvalue weighted by Crippen LogP contribution is -2.27. The first kappa shape index (κ1) is 20.5. The van der Waals surface area contributed by atoms with Crippen LogP contribution in [0.4, 0.5) is 0 Å². The fourth-order valence-corrected chi connectivity index (χ4v) is 1.90. The van der Waals surface area contributed by atoms with Gasteiger partial charge in [0.15, 0.2) is 0 Å². The Morgan fingerprint density at radius 3 is 1.41 bits per heavy atom. The molecule has 0 aliphatic carbocycles. The SMILES string of the molecule is CS(=O)(=O)NCCOC(=O)/C=C/C(=O)OCCNS(C)(=O)=O. The highest BCUT2D eigenvalue weighted by Crippen LogP contribution is 1.86. The molecule has 0 bridgehead atoms. The third kappa shape index (κ3) is 14.9. The van der Waals surface area contributed by atoms with Crippen LogP contribution in [0.5, 0.6) is 0 Å². The van der Waals surface area contributed by atoms with E-state index < -0.39 is 32.0 Å². The molecule has 0 aliphatic heterocycles. The van der Waals surface area contributed by atoms with Gasteiger partial charge in [0.1, 0.15) is 13.2 Å². The maximum atomic E-state index is 11.1. The largest absolute Gasteiger partial charge is 0.461 e. The summed E-state index contributed by atoms with van der Waals surface area (Å²) in [6.07, 6.45) is 3.55. The Balaban J connectivity index is 3.85. The predicted molar refractivity (Wildman–Crippen MR) is 76.8 cm³/mol. The second-order valence-corrected chi connectivity index (χ2v) is 7.67. The molecule has 12 heteroatoms. The van der Waals surface area contributed by atoms with E-state index in [9.17, 15) is 26.4 Å². The highest BCUT2D eigenvalue weighted by atomic mass is 32.2. The first-order valence-corrected chi connectivity index (χ1v) is 9.69. The maximum absolute atomic E-state index is 11.1. The normalized spacial score (nSPS) is 12.3. The van der Waals surface area contributed by atoms with Crippen molar-refractivity contribution in [3.05, 3.63) is 12.2 Å². The molecule has 0 spiro atoms. The smallest absolute Gasteiger partial charge is 0.331 e. The summed E-state index contributed by atoms with van der Waals surface area (Å²) >= 11 is 0. The Morgan fingerprint density at radius 1 is 0.818 bits per heavy atom. The zero-order valence-corrected chi connectivity index (χ0v) is 13.7. The minimum absolute atomic E-state index is 0.0833. The number of carbonyl (C=O) groups is 2. The van der Waals surface area contributed by atoms with Gasteiger partial charge in [-0.15, -0.1) is 0 Å². The Hall–Kier alpha value is -1.50. The molecule has 0 heterocycles. The van der Waals surface area contributed by atoms with Crippen molar-refractivity contribution in [1.82, 2.24) is 9.44 Å². The molecule has 0 saturated carbocycles. The van der Waals surface area contributed by atoms with E-state index in [1.165, 1.54) is 0 Å². The summed E-state index contributed by atoms with van der Waals surface area (Å²) in [5.74, 6) is -1.69. The second kappa shape index (κ2) is 9.50. The van der Waals surface area contributed by atoms with Crippen molar-refractivity contribution in [2.45, 2.75) is 0 Å². The van der Waals surface area contributed by atoms with Crippen LogP contribution < -0.4 is 9.44 Å². The van der Waals surface area contributed by atoms with E-state index in [0.29, 0.717) is 0 Å². The molecular weight excluding hydrogens is 340 g/mol. The van der Waals surface area contributed by atoms with Gasteiger partial charge < -0.3 is 9.47 Å². The third-order valence-electron chi connectivity index (χ3n) is 1.78. The zero-order valence-electron chi connectivity index (χ0n) is 12.1. The van der Waals surface area contributed by atoms with E-state index in [1.807, 2.05) is 0 Å². The lowest BCUT2D eigenvalue weighted by atomic mass is 10.5. The number of hydrogen-bond acceptors (Lipinski definition) is 8. The summed E-state index contributed by atoms with van der Waals surface area (Å²) in [6, 6.07) is 0. The predicted octanol–water partition coefficient (Wildman–Crippen LogP) is -2.27. The van der Waals surface area contributed by atoms with Crippen LogP contribution in [0.3, 0.4) is 0 Å². The van der Waals surface area contributed by atoms with E-state index in [-0.39, 0.29) is 26.3 Å². The summed E-state index contributed by atoms with van der Waals surface area (Å²) in [7, 11) is -6.71. The van der Waals surface area contributed by atoms with Crippen molar-refractivity contribution in [2.75, 3.05) is 38.8 Å². The van der Waals surface area contributed by atoms with Crippen molar-refractivity contribution in [3.63, 3.8) is 0 Å². The monoisotopic (exact) mass is 358 g/mol. The molecule has 0 atom stereocenters.